The standard InChI is InChI=1S/C30H43N7O3.C2H6/c1-30(2,3)40-29(39)33-20-23-10-8-22(9-11-23)19-32-28(38)25-18-27(35-26-7-5-4-6-24(25)26)37-16-13-21(14-17-37)12-15-34-36-31;1-2/h4-7,18,21-23,31H,8-17,19-20H2,1-3H3,(H-,32,33,38,39);1-2H3/p+1. The summed E-state index contributed by atoms with van der Waals surface area (Å²) in [6.07, 6.45) is 6.79. The largest absolute Gasteiger partial charge is 0.444 e. The fourth-order valence-electron chi connectivity index (χ4n) is 5.77. The molecule has 1 aliphatic carbocycles. The highest BCUT2D eigenvalue weighted by Crippen LogP contribution is 2.30. The number of aromatic nitrogens is 1. The van der Waals surface area contributed by atoms with E-state index in [-0.39, 0.29) is 12.0 Å². The minimum atomic E-state index is -0.492. The molecule has 0 spiro atoms. The van der Waals surface area contributed by atoms with Crippen LogP contribution in [0.3, 0.4) is 0 Å². The van der Waals surface area contributed by atoms with E-state index < -0.39 is 5.60 Å². The van der Waals surface area contributed by atoms with Gasteiger partial charge in [-0.25, -0.2) is 9.78 Å². The summed E-state index contributed by atoms with van der Waals surface area (Å²) >= 11 is 0. The van der Waals surface area contributed by atoms with Crippen LogP contribution in [0, 0.1) is 23.3 Å². The number of amides is 2. The van der Waals surface area contributed by atoms with E-state index in [0.29, 0.717) is 43.0 Å². The van der Waals surface area contributed by atoms with Crippen LogP contribution < -0.4 is 20.4 Å². The van der Waals surface area contributed by atoms with E-state index in [1.165, 1.54) is 0 Å². The van der Waals surface area contributed by atoms with E-state index >= 15 is 0 Å². The van der Waals surface area contributed by atoms with Crippen molar-refractivity contribution >= 4 is 28.7 Å². The smallest absolute Gasteiger partial charge is 0.407 e. The minimum absolute atomic E-state index is 0.0517. The van der Waals surface area contributed by atoms with Crippen LogP contribution in [-0.2, 0) is 4.74 Å². The zero-order chi connectivity index (χ0) is 30.5. The van der Waals surface area contributed by atoms with Gasteiger partial charge in [-0.15, -0.1) is 0 Å². The Morgan fingerprint density at radius 3 is 2.24 bits per heavy atom. The zero-order valence-electron chi connectivity index (χ0n) is 26.1. The molecule has 0 bridgehead atoms. The first-order chi connectivity index (χ1) is 20.2. The molecule has 2 aliphatic rings. The molecule has 42 heavy (non-hydrogen) atoms. The Labute approximate surface area is 250 Å². The molecule has 0 unspecified atom stereocenters. The Morgan fingerprint density at radius 2 is 1.62 bits per heavy atom. The lowest BCUT2D eigenvalue weighted by Crippen LogP contribution is -2.37. The van der Waals surface area contributed by atoms with E-state index in [0.717, 1.165) is 74.8 Å². The van der Waals surface area contributed by atoms with Crippen LogP contribution in [-0.4, -0.2) is 55.3 Å². The summed E-state index contributed by atoms with van der Waals surface area (Å²) < 4.78 is 5.34. The molecule has 2 aromatic rings. The summed E-state index contributed by atoms with van der Waals surface area (Å²) in [4.78, 5) is 35.7. The second-order valence-corrected chi connectivity index (χ2v) is 12.2. The number of fused-ring (bicyclic) bond motifs is 1. The van der Waals surface area contributed by atoms with Gasteiger partial charge < -0.3 is 20.3 Å². The van der Waals surface area contributed by atoms with Gasteiger partial charge in [0, 0.05) is 31.6 Å². The third-order valence-electron chi connectivity index (χ3n) is 8.05. The van der Waals surface area contributed by atoms with Crippen molar-refractivity contribution in [3.8, 4) is 0 Å². The number of carbonyl (C=O) groups excluding carboxylic acids is 2. The predicted molar refractivity (Wildman–Crippen MR) is 167 cm³/mol. The molecule has 2 heterocycles. The van der Waals surface area contributed by atoms with Crippen molar-refractivity contribution in [2.24, 2.45) is 22.9 Å². The number of hydrogen-bond donors (Lipinski definition) is 3. The number of nitrogens with one attached hydrogen (secondary N) is 3. The fourth-order valence-corrected chi connectivity index (χ4v) is 5.77. The summed E-state index contributed by atoms with van der Waals surface area (Å²) in [5.41, 5.74) is 7.84. The van der Waals surface area contributed by atoms with Gasteiger partial charge in [0.25, 0.3) is 5.91 Å². The van der Waals surface area contributed by atoms with Crippen LogP contribution >= 0.6 is 0 Å². The highest BCUT2D eigenvalue weighted by molar-refractivity contribution is 6.07. The number of ether oxygens (including phenoxy) is 1. The SMILES string of the molecule is CC.CC(C)(C)OC(=O)NCC1CCC(CNC(=O)c2cc(N3CCC(CCN=[N+]=N)CC3)nc3ccccc23)CC1. The van der Waals surface area contributed by atoms with Crippen LogP contribution in [0.15, 0.2) is 35.4 Å². The molecule has 230 valence electrons. The molecule has 1 aliphatic heterocycles. The summed E-state index contributed by atoms with van der Waals surface area (Å²) in [6, 6.07) is 9.81. The minimum Gasteiger partial charge on any atom is -0.444 e. The van der Waals surface area contributed by atoms with E-state index in [1.54, 1.807) is 0 Å². The molecule has 3 N–H and O–H groups in total. The van der Waals surface area contributed by atoms with Crippen molar-refractivity contribution in [1.29, 1.82) is 5.53 Å². The molecule has 1 aromatic carbocycles. The van der Waals surface area contributed by atoms with Crippen LogP contribution in [0.25, 0.3) is 10.9 Å². The van der Waals surface area contributed by atoms with Gasteiger partial charge in [-0.3, -0.25) is 4.79 Å². The number of hydrogen-bond acceptors (Lipinski definition) is 7. The van der Waals surface area contributed by atoms with Gasteiger partial charge in [0.15, 0.2) is 0 Å². The Hall–Kier alpha value is -3.52. The van der Waals surface area contributed by atoms with E-state index in [9.17, 15) is 9.59 Å². The molecular weight excluding hydrogens is 530 g/mol. The highest BCUT2D eigenvalue weighted by Gasteiger charge is 2.25. The number of alkyl carbamates (subject to hydrolysis) is 1. The van der Waals surface area contributed by atoms with Crippen LogP contribution in [0.5, 0.6) is 0 Å². The average molecular weight is 581 g/mol. The normalized spacial score (nSPS) is 19.2. The summed E-state index contributed by atoms with van der Waals surface area (Å²) in [7, 11) is 0. The first kappa shape index (κ1) is 33.0. The number of piperidine rings is 1. The Morgan fingerprint density at radius 1 is 1.00 bits per heavy atom. The third kappa shape index (κ3) is 10.1. The van der Waals surface area contributed by atoms with Gasteiger partial charge in [-0.05, 0) is 95.6 Å². The van der Waals surface area contributed by atoms with Gasteiger partial charge in [-0.1, -0.05) is 32.0 Å². The molecule has 1 saturated heterocycles. The van der Waals surface area contributed by atoms with Crippen LogP contribution in [0.1, 0.15) is 89.9 Å². The van der Waals surface area contributed by atoms with Crippen LogP contribution in [0.4, 0.5) is 10.6 Å². The second kappa shape index (κ2) is 16.2. The number of carbonyl (C=O) groups is 2. The monoisotopic (exact) mass is 580 g/mol. The number of pyridine rings is 1. The van der Waals surface area contributed by atoms with Crippen molar-refractivity contribution in [2.75, 3.05) is 37.6 Å². The molecule has 10 nitrogen and oxygen atoms in total. The van der Waals surface area contributed by atoms with Gasteiger partial charge in [0.2, 0.25) is 4.91 Å². The molecule has 10 heteroatoms. The number of anilines is 1. The quantitative estimate of drug-likeness (QED) is 0.231. The Balaban J connectivity index is 0.00000237. The van der Waals surface area contributed by atoms with Crippen molar-refractivity contribution in [1.82, 2.24) is 20.5 Å². The summed E-state index contributed by atoms with van der Waals surface area (Å²) in [5, 5.41) is 10.8. The van der Waals surface area contributed by atoms with Gasteiger partial charge in [-0.2, -0.15) is 0 Å². The first-order valence-corrected chi connectivity index (χ1v) is 15.6. The number of nitrogens with zero attached hydrogens (tertiary/aromatic N) is 4. The van der Waals surface area contributed by atoms with Crippen molar-refractivity contribution in [2.45, 2.75) is 85.2 Å². The molecule has 4 rings (SSSR count). The van der Waals surface area contributed by atoms with Crippen molar-refractivity contribution in [3.63, 3.8) is 0 Å². The third-order valence-corrected chi connectivity index (χ3v) is 8.05. The number of benzene rings is 1. The molecule has 2 amide bonds. The number of rotatable bonds is 9. The van der Waals surface area contributed by atoms with Gasteiger partial charge in [0.1, 0.15) is 28.6 Å². The summed E-state index contributed by atoms with van der Waals surface area (Å²) in [6.45, 7) is 13.3. The Kier molecular flexibility index (Phi) is 12.7. The molecule has 0 atom stereocenters. The van der Waals surface area contributed by atoms with Gasteiger partial charge >= 0.3 is 6.09 Å². The molecule has 1 aromatic heterocycles. The van der Waals surface area contributed by atoms with Crippen molar-refractivity contribution in [3.05, 3.63) is 35.9 Å². The Bertz CT molecular complexity index is 1210. The molecular formula is C32H50N7O3+. The molecule has 0 radical (unpaired) electrons. The average Bonchev–Trinajstić information content (AvgIpc) is 2.99. The van der Waals surface area contributed by atoms with Gasteiger partial charge in [0.05, 0.1) is 11.1 Å². The lowest BCUT2D eigenvalue weighted by Gasteiger charge is -2.33. The van der Waals surface area contributed by atoms with Crippen molar-refractivity contribution < 1.29 is 14.3 Å². The number of para-hydroxylation sites is 1. The second-order valence-electron chi connectivity index (χ2n) is 12.2. The summed E-state index contributed by atoms with van der Waals surface area (Å²) in [5.74, 6) is 2.25. The van der Waals surface area contributed by atoms with E-state index in [1.807, 2.05) is 65.0 Å². The zero-order valence-corrected chi connectivity index (χ0v) is 26.1. The topological polar surface area (TPSA) is 134 Å². The highest BCUT2D eigenvalue weighted by atomic mass is 16.6. The maximum absolute atomic E-state index is 13.4. The first-order valence-electron chi connectivity index (χ1n) is 15.6. The molecule has 2 fully saturated rings. The maximum Gasteiger partial charge on any atom is 0.407 e. The maximum atomic E-state index is 13.4. The lowest BCUT2D eigenvalue weighted by molar-refractivity contribution is 0.0512. The van der Waals surface area contributed by atoms with Crippen LogP contribution in [0.2, 0.25) is 0 Å². The van der Waals surface area contributed by atoms with E-state index in [2.05, 4.69) is 25.6 Å². The fraction of sp³-hybridized carbons (Fsp3) is 0.656. The molecule has 1 saturated carbocycles. The lowest BCUT2D eigenvalue weighted by atomic mass is 9.82. The van der Waals surface area contributed by atoms with E-state index in [4.69, 9.17) is 15.3 Å². The predicted octanol–water partition coefficient (Wildman–Crippen LogP) is 6.48.